The number of alkyl carbamates (subject to hydrolysis) is 1. The van der Waals surface area contributed by atoms with Crippen molar-refractivity contribution in [1.82, 2.24) is 32.1 Å². The first-order valence-corrected chi connectivity index (χ1v) is 18.4. The Morgan fingerprint density at radius 2 is 1.55 bits per heavy atom. The van der Waals surface area contributed by atoms with E-state index in [0.717, 1.165) is 12.8 Å². The summed E-state index contributed by atoms with van der Waals surface area (Å²) in [6.45, 7) is 12.0. The Morgan fingerprint density at radius 3 is 2.14 bits per heavy atom. The topological polar surface area (TPSA) is 201 Å². The highest BCUT2D eigenvalue weighted by molar-refractivity contribution is 5.91. The Hall–Kier alpha value is -3.11. The molecule has 0 bridgehead atoms. The summed E-state index contributed by atoms with van der Waals surface area (Å²) in [7, 11) is 1.66. The average molecular weight is 721 g/mol. The van der Waals surface area contributed by atoms with Gasteiger partial charge >= 0.3 is 6.09 Å². The quantitative estimate of drug-likeness (QED) is 0.0520. The van der Waals surface area contributed by atoms with Gasteiger partial charge in [-0.3, -0.25) is 19.2 Å². The number of carbonyl (C=O) groups excluding carboxylic acids is 5. The number of ether oxygens (including phenoxy) is 4. The third-order valence-electron chi connectivity index (χ3n) is 10.4. The smallest absolute Gasteiger partial charge is 0.407 e. The molecule has 2 saturated heterocycles. The van der Waals surface area contributed by atoms with E-state index >= 15 is 0 Å². The Bertz CT molecular complexity index is 1280. The third-order valence-corrected chi connectivity index (χ3v) is 10.4. The number of allylic oxidation sites excluding steroid dienone is 1. The molecule has 7 atom stereocenters. The van der Waals surface area contributed by atoms with Crippen molar-refractivity contribution >= 4 is 29.6 Å². The number of amides is 4. The number of rotatable bonds is 18. The van der Waals surface area contributed by atoms with E-state index in [1.807, 2.05) is 13.8 Å². The second-order valence-corrected chi connectivity index (χ2v) is 15.5. The lowest BCUT2D eigenvalue weighted by Crippen LogP contribution is -2.56. The number of hydrazine groups is 1. The zero-order valence-corrected chi connectivity index (χ0v) is 31.4. The van der Waals surface area contributed by atoms with E-state index in [1.165, 1.54) is 12.5 Å². The van der Waals surface area contributed by atoms with Gasteiger partial charge in [0.05, 0.1) is 38.3 Å². The average Bonchev–Trinajstić information content (AvgIpc) is 3.98. The fraction of sp³-hybridized carbons (Fsp3) is 0.806. The monoisotopic (exact) mass is 720 g/mol. The highest BCUT2D eigenvalue weighted by atomic mass is 16.6. The Kier molecular flexibility index (Phi) is 14.4. The summed E-state index contributed by atoms with van der Waals surface area (Å²) in [4.78, 5) is 62.0. The molecule has 4 rings (SSSR count). The number of ketones is 1. The Balaban J connectivity index is 1.17. The molecule has 0 radical (unpaired) electrons. The molecule has 288 valence electrons. The predicted molar refractivity (Wildman–Crippen MR) is 188 cm³/mol. The molecule has 1 spiro atoms. The van der Waals surface area contributed by atoms with E-state index in [-0.39, 0.29) is 73.1 Å². The van der Waals surface area contributed by atoms with Crippen LogP contribution >= 0.6 is 0 Å². The van der Waals surface area contributed by atoms with Crippen molar-refractivity contribution in [3.8, 4) is 0 Å². The number of methoxy groups -OCH3 is 1. The maximum Gasteiger partial charge on any atom is 0.407 e. The molecule has 51 heavy (non-hydrogen) atoms. The molecule has 0 aromatic carbocycles. The van der Waals surface area contributed by atoms with Crippen LogP contribution < -0.4 is 32.1 Å². The lowest BCUT2D eigenvalue weighted by molar-refractivity contribution is -0.130. The second kappa shape index (κ2) is 18.1. The van der Waals surface area contributed by atoms with Crippen molar-refractivity contribution in [2.75, 3.05) is 33.4 Å². The van der Waals surface area contributed by atoms with Gasteiger partial charge in [0.15, 0.2) is 0 Å². The molecule has 15 nitrogen and oxygen atoms in total. The molecule has 4 amide bonds. The number of hydrogen-bond donors (Lipinski definition) is 6. The fourth-order valence-corrected chi connectivity index (χ4v) is 7.64. The van der Waals surface area contributed by atoms with E-state index < -0.39 is 35.7 Å². The number of carbonyl (C=O) groups is 5. The molecule has 2 aliphatic heterocycles. The SMILES string of the molecule is COC1C(OC(=O)NC2CCC(NC(=O)CNC(=O)[C@H](CC(C)C)NC(=O)CNNCC(C)=O)CC2)CC[C@]2(CO2)C1C1(C)O[C@@H]1CC=C(C)C. The summed E-state index contributed by atoms with van der Waals surface area (Å²) in [6.07, 6.45) is 6.31. The summed E-state index contributed by atoms with van der Waals surface area (Å²) in [5.74, 6) is -1.20. The van der Waals surface area contributed by atoms with Gasteiger partial charge < -0.3 is 40.2 Å². The first-order valence-electron chi connectivity index (χ1n) is 18.4. The number of nitrogens with one attached hydrogen (secondary N) is 6. The number of Topliss-reactive ketones (excluding diaryl/α,β-unsaturated/α-hetero) is 1. The van der Waals surface area contributed by atoms with E-state index in [0.29, 0.717) is 45.1 Å². The van der Waals surface area contributed by atoms with E-state index in [2.05, 4.69) is 59.0 Å². The van der Waals surface area contributed by atoms with Crippen LogP contribution in [-0.2, 0) is 38.1 Å². The fourth-order valence-electron chi connectivity index (χ4n) is 7.64. The van der Waals surface area contributed by atoms with Crippen LogP contribution in [0.5, 0.6) is 0 Å². The molecule has 2 aliphatic carbocycles. The lowest BCUT2D eigenvalue weighted by atomic mass is 9.68. The zero-order valence-electron chi connectivity index (χ0n) is 31.4. The van der Waals surface area contributed by atoms with Gasteiger partial charge in [0.1, 0.15) is 35.2 Å². The molecule has 4 aliphatic rings. The Morgan fingerprint density at radius 1 is 0.902 bits per heavy atom. The van der Waals surface area contributed by atoms with Crippen molar-refractivity contribution in [2.24, 2.45) is 11.8 Å². The molecular formula is C36H60N6O9. The number of hydrogen-bond acceptors (Lipinski definition) is 11. The molecule has 0 aromatic rings. The van der Waals surface area contributed by atoms with Crippen LogP contribution in [0.1, 0.15) is 92.9 Å². The summed E-state index contributed by atoms with van der Waals surface area (Å²) >= 11 is 0. The summed E-state index contributed by atoms with van der Waals surface area (Å²) in [5, 5.41) is 11.3. The van der Waals surface area contributed by atoms with E-state index in [4.69, 9.17) is 18.9 Å². The molecule has 4 unspecified atom stereocenters. The molecule has 4 fully saturated rings. The van der Waals surface area contributed by atoms with Crippen LogP contribution in [0.15, 0.2) is 11.6 Å². The minimum absolute atomic E-state index is 0.0509. The van der Waals surface area contributed by atoms with Crippen LogP contribution in [-0.4, -0.2) is 111 Å². The van der Waals surface area contributed by atoms with E-state index in [1.54, 1.807) is 7.11 Å². The first kappa shape index (κ1) is 40.7. The Labute approximate surface area is 301 Å². The lowest BCUT2D eigenvalue weighted by Gasteiger charge is -2.42. The molecular weight excluding hydrogens is 660 g/mol. The molecule has 2 saturated carbocycles. The normalized spacial score (nSPS) is 31.6. The van der Waals surface area contributed by atoms with Crippen molar-refractivity contribution < 1.29 is 42.9 Å². The largest absolute Gasteiger partial charge is 0.443 e. The van der Waals surface area contributed by atoms with Crippen LogP contribution in [0.25, 0.3) is 0 Å². The van der Waals surface area contributed by atoms with E-state index in [9.17, 15) is 24.0 Å². The van der Waals surface area contributed by atoms with Gasteiger partial charge in [-0.2, -0.15) is 0 Å². The van der Waals surface area contributed by atoms with Crippen molar-refractivity contribution in [2.45, 2.75) is 141 Å². The van der Waals surface area contributed by atoms with Crippen LogP contribution in [0.2, 0.25) is 0 Å². The summed E-state index contributed by atoms with van der Waals surface area (Å²) in [6, 6.07) is -0.986. The molecule has 0 aromatic heterocycles. The zero-order chi connectivity index (χ0) is 37.3. The van der Waals surface area contributed by atoms with Crippen LogP contribution in [0.3, 0.4) is 0 Å². The standard InChI is InChI=1S/C36H60N6O9/c1-21(2)8-13-28-35(6,51-28)32-31(48-7)27(14-15-36(32)20-49-36)50-34(47)41-25-11-9-24(10-12-25)40-29(44)18-37-33(46)26(16-22(3)4)42-30(45)19-39-38-17-23(5)43/h8,22,24-28,31-32,38-39H,9-20H2,1-7H3,(H,37,46)(H,40,44)(H,41,47)(H,42,45)/t24?,25?,26-,27?,28+,31?,32?,35?,36-/m0/s1. The minimum Gasteiger partial charge on any atom is -0.443 e. The van der Waals surface area contributed by atoms with Crippen LogP contribution in [0.4, 0.5) is 4.79 Å². The van der Waals surface area contributed by atoms with Crippen molar-refractivity contribution in [1.29, 1.82) is 0 Å². The molecule has 15 heteroatoms. The third kappa shape index (κ3) is 11.7. The maximum absolute atomic E-state index is 13.1. The van der Waals surface area contributed by atoms with Crippen molar-refractivity contribution in [3.05, 3.63) is 11.6 Å². The minimum atomic E-state index is -0.808. The van der Waals surface area contributed by atoms with Gasteiger partial charge in [-0.05, 0) is 85.0 Å². The maximum atomic E-state index is 13.1. The van der Waals surface area contributed by atoms with Gasteiger partial charge in [-0.1, -0.05) is 25.5 Å². The highest BCUT2D eigenvalue weighted by Crippen LogP contribution is 2.59. The van der Waals surface area contributed by atoms with Gasteiger partial charge in [0, 0.05) is 19.2 Å². The summed E-state index contributed by atoms with van der Waals surface area (Å²) < 4.78 is 24.3. The van der Waals surface area contributed by atoms with Crippen molar-refractivity contribution in [3.63, 3.8) is 0 Å². The summed E-state index contributed by atoms with van der Waals surface area (Å²) in [5.41, 5.74) is 5.82. The van der Waals surface area contributed by atoms with Gasteiger partial charge in [0.25, 0.3) is 0 Å². The number of epoxide rings is 2. The van der Waals surface area contributed by atoms with Gasteiger partial charge in [0.2, 0.25) is 17.7 Å². The van der Waals surface area contributed by atoms with Gasteiger partial charge in [-0.25, -0.2) is 15.6 Å². The molecule has 6 N–H and O–H groups in total. The van der Waals surface area contributed by atoms with Crippen LogP contribution in [0, 0.1) is 11.8 Å². The molecule has 2 heterocycles. The van der Waals surface area contributed by atoms with Gasteiger partial charge in [-0.15, -0.1) is 0 Å². The predicted octanol–water partition coefficient (Wildman–Crippen LogP) is 1.55. The second-order valence-electron chi connectivity index (χ2n) is 15.5. The highest BCUT2D eigenvalue weighted by Gasteiger charge is 2.72. The first-order chi connectivity index (χ1) is 24.2.